The van der Waals surface area contributed by atoms with Crippen molar-refractivity contribution in [3.05, 3.63) is 34.9 Å². The number of carbonyl (C=O) groups is 4. The van der Waals surface area contributed by atoms with Crippen LogP contribution in [0.3, 0.4) is 0 Å². The van der Waals surface area contributed by atoms with E-state index in [1.165, 1.54) is 12.0 Å². The fourth-order valence-electron chi connectivity index (χ4n) is 4.53. The summed E-state index contributed by atoms with van der Waals surface area (Å²) in [6, 6.07) is 3.16. The number of hydrogen-bond acceptors (Lipinski definition) is 7. The molecule has 2 heterocycles. The van der Waals surface area contributed by atoms with Crippen LogP contribution in [-0.2, 0) is 28.7 Å². The van der Waals surface area contributed by atoms with E-state index < -0.39 is 42.2 Å². The van der Waals surface area contributed by atoms with Gasteiger partial charge in [0.2, 0.25) is 18.1 Å². The zero-order valence-corrected chi connectivity index (χ0v) is 20.3. The van der Waals surface area contributed by atoms with Gasteiger partial charge in [0.25, 0.3) is 5.91 Å². The van der Waals surface area contributed by atoms with Crippen LogP contribution >= 0.6 is 0 Å². The Bertz CT molecular complexity index is 930. The van der Waals surface area contributed by atoms with Gasteiger partial charge in [-0.3, -0.25) is 24.0 Å². The molecule has 0 spiro atoms. The van der Waals surface area contributed by atoms with E-state index in [9.17, 15) is 19.2 Å². The Labute approximate surface area is 199 Å². The molecule has 2 saturated heterocycles. The molecule has 3 amide bonds. The largest absolute Gasteiger partial charge is 0.433 e. The molecule has 186 valence electrons. The van der Waals surface area contributed by atoms with Gasteiger partial charge in [0, 0.05) is 18.7 Å². The van der Waals surface area contributed by atoms with Crippen molar-refractivity contribution in [1.29, 1.82) is 0 Å². The monoisotopic (exact) mass is 475 g/mol. The van der Waals surface area contributed by atoms with E-state index in [-0.39, 0.29) is 12.3 Å². The van der Waals surface area contributed by atoms with E-state index in [1.54, 1.807) is 26.0 Å². The lowest BCUT2D eigenvalue weighted by Crippen LogP contribution is -2.55. The Hall–Kier alpha value is -2.98. The summed E-state index contributed by atoms with van der Waals surface area (Å²) in [6.45, 7) is 7.84. The molecule has 10 heteroatoms. The molecule has 1 N–H and O–H groups in total. The number of benzene rings is 1. The molecule has 0 aliphatic carbocycles. The van der Waals surface area contributed by atoms with Gasteiger partial charge < -0.3 is 19.7 Å². The molecule has 0 bridgehead atoms. The molecule has 4 unspecified atom stereocenters. The van der Waals surface area contributed by atoms with Crippen molar-refractivity contribution < 1.29 is 33.5 Å². The molecule has 1 aromatic rings. The first-order chi connectivity index (χ1) is 16.2. The van der Waals surface area contributed by atoms with Gasteiger partial charge in [0.15, 0.2) is 0 Å². The molecule has 0 radical (unpaired) electrons. The highest BCUT2D eigenvalue weighted by Crippen LogP contribution is 2.23. The summed E-state index contributed by atoms with van der Waals surface area (Å²) in [5, 5.41) is 3.84. The second kappa shape index (κ2) is 11.0. The Morgan fingerprint density at radius 1 is 1.24 bits per heavy atom. The topological polar surface area (TPSA) is 114 Å². The molecule has 2 fully saturated rings. The van der Waals surface area contributed by atoms with Crippen LogP contribution in [0.2, 0.25) is 0 Å². The lowest BCUT2D eigenvalue weighted by atomic mass is 10.1. The number of carbonyl (C=O) groups excluding carboxylic acids is 4. The number of amides is 3. The lowest BCUT2D eigenvalue weighted by molar-refractivity contribution is -0.165. The molecule has 3 rings (SSSR count). The third kappa shape index (κ3) is 5.56. The maximum atomic E-state index is 13.4. The summed E-state index contributed by atoms with van der Waals surface area (Å²) < 4.78 is 10.5. The van der Waals surface area contributed by atoms with Gasteiger partial charge in [0.05, 0.1) is 13.5 Å². The summed E-state index contributed by atoms with van der Waals surface area (Å²) in [5.41, 5.74) is 2.27. The third-order valence-corrected chi connectivity index (χ3v) is 6.03. The van der Waals surface area contributed by atoms with Crippen molar-refractivity contribution in [3.8, 4) is 0 Å². The molecule has 4 atom stereocenters. The Balaban J connectivity index is 1.71. The van der Waals surface area contributed by atoms with Crippen LogP contribution in [0.15, 0.2) is 18.2 Å². The summed E-state index contributed by atoms with van der Waals surface area (Å²) >= 11 is 0. The first-order valence-electron chi connectivity index (χ1n) is 11.5. The summed E-state index contributed by atoms with van der Waals surface area (Å²) in [5.74, 6) is -1.65. The zero-order chi connectivity index (χ0) is 25.0. The van der Waals surface area contributed by atoms with Gasteiger partial charge >= 0.3 is 5.97 Å². The van der Waals surface area contributed by atoms with Gasteiger partial charge in [0.1, 0.15) is 18.1 Å². The Morgan fingerprint density at radius 2 is 1.91 bits per heavy atom. The van der Waals surface area contributed by atoms with Crippen LogP contribution in [0.4, 0.5) is 0 Å². The van der Waals surface area contributed by atoms with E-state index in [2.05, 4.69) is 5.32 Å². The minimum absolute atomic E-state index is 0.00927. The van der Waals surface area contributed by atoms with Gasteiger partial charge in [-0.2, -0.15) is 0 Å². The smallest absolute Gasteiger partial charge is 0.310 e. The number of esters is 1. The Morgan fingerprint density at radius 3 is 2.53 bits per heavy atom. The molecule has 1 aromatic carbocycles. The van der Waals surface area contributed by atoms with Crippen molar-refractivity contribution in [2.45, 2.75) is 71.4 Å². The SMILES string of the molecule is CCOC1OC(=O)CC1NC(=O)C1CCCN1C(=O)C(C)N(OC)C(=O)c1cc(C)cc(C)c1. The van der Waals surface area contributed by atoms with Crippen LogP contribution < -0.4 is 5.32 Å². The molecule has 2 aliphatic rings. The summed E-state index contributed by atoms with van der Waals surface area (Å²) in [6.07, 6.45) is 0.285. The number of hydroxylamine groups is 2. The highest BCUT2D eigenvalue weighted by atomic mass is 16.7. The highest BCUT2D eigenvalue weighted by Gasteiger charge is 2.42. The minimum Gasteiger partial charge on any atom is -0.433 e. The van der Waals surface area contributed by atoms with Crippen molar-refractivity contribution in [1.82, 2.24) is 15.3 Å². The maximum absolute atomic E-state index is 13.4. The van der Waals surface area contributed by atoms with E-state index in [1.807, 2.05) is 19.9 Å². The normalized spacial score (nSPS) is 22.9. The quantitative estimate of drug-likeness (QED) is 0.447. The molecule has 2 aliphatic heterocycles. The number of nitrogens with one attached hydrogen (secondary N) is 1. The van der Waals surface area contributed by atoms with Gasteiger partial charge in [-0.25, -0.2) is 5.06 Å². The first kappa shape index (κ1) is 25.6. The van der Waals surface area contributed by atoms with Crippen molar-refractivity contribution in [3.63, 3.8) is 0 Å². The second-order valence-corrected chi connectivity index (χ2v) is 8.69. The number of ether oxygens (including phenoxy) is 2. The molecule has 0 aromatic heterocycles. The summed E-state index contributed by atoms with van der Waals surface area (Å²) in [7, 11) is 1.34. The van der Waals surface area contributed by atoms with Crippen molar-refractivity contribution in [2.24, 2.45) is 0 Å². The fraction of sp³-hybridized carbons (Fsp3) is 0.583. The standard InChI is InChI=1S/C24H33N3O7/c1-6-33-24-18(13-20(28)34-24)25-21(29)19-8-7-9-26(19)22(30)16(4)27(32-5)23(31)17-11-14(2)10-15(3)12-17/h10-12,16,18-19,24H,6-9,13H2,1-5H3,(H,25,29). The number of rotatable bonds is 8. The van der Waals surface area contributed by atoms with E-state index >= 15 is 0 Å². The predicted octanol–water partition coefficient (Wildman–Crippen LogP) is 1.48. The number of aryl methyl sites for hydroxylation is 2. The van der Waals surface area contributed by atoms with Crippen LogP contribution in [0, 0.1) is 13.8 Å². The number of hydrogen-bond donors (Lipinski definition) is 1. The zero-order valence-electron chi connectivity index (χ0n) is 20.3. The van der Waals surface area contributed by atoms with E-state index in [4.69, 9.17) is 14.3 Å². The average Bonchev–Trinajstić information content (AvgIpc) is 3.40. The van der Waals surface area contributed by atoms with Crippen LogP contribution in [0.25, 0.3) is 0 Å². The highest BCUT2D eigenvalue weighted by molar-refractivity contribution is 5.98. The second-order valence-electron chi connectivity index (χ2n) is 8.69. The molecule has 0 saturated carbocycles. The van der Waals surface area contributed by atoms with Crippen LogP contribution in [0.5, 0.6) is 0 Å². The molecule has 10 nitrogen and oxygen atoms in total. The number of cyclic esters (lactones) is 1. The van der Waals surface area contributed by atoms with E-state index in [0.29, 0.717) is 31.6 Å². The maximum Gasteiger partial charge on any atom is 0.310 e. The van der Waals surface area contributed by atoms with Crippen molar-refractivity contribution >= 4 is 23.7 Å². The predicted molar refractivity (Wildman–Crippen MR) is 121 cm³/mol. The van der Waals surface area contributed by atoms with Crippen LogP contribution in [0.1, 0.15) is 54.6 Å². The number of likely N-dealkylation sites (tertiary alicyclic amines) is 1. The molecule has 34 heavy (non-hydrogen) atoms. The van der Waals surface area contributed by atoms with E-state index in [0.717, 1.165) is 16.2 Å². The van der Waals surface area contributed by atoms with Gasteiger partial charge in [-0.1, -0.05) is 17.2 Å². The van der Waals surface area contributed by atoms with Crippen molar-refractivity contribution in [2.75, 3.05) is 20.3 Å². The molecular formula is C24H33N3O7. The Kier molecular flexibility index (Phi) is 8.27. The average molecular weight is 476 g/mol. The van der Waals surface area contributed by atoms with Gasteiger partial charge in [-0.15, -0.1) is 0 Å². The minimum atomic E-state index is -0.945. The number of nitrogens with zero attached hydrogens (tertiary/aromatic N) is 2. The lowest BCUT2D eigenvalue weighted by Gasteiger charge is -2.32. The first-order valence-corrected chi connectivity index (χ1v) is 11.5. The summed E-state index contributed by atoms with van der Waals surface area (Å²) in [4.78, 5) is 57.9. The fourth-order valence-corrected chi connectivity index (χ4v) is 4.53. The van der Waals surface area contributed by atoms with Gasteiger partial charge in [-0.05, 0) is 52.7 Å². The molecular weight excluding hydrogens is 442 g/mol. The third-order valence-electron chi connectivity index (χ3n) is 6.03. The van der Waals surface area contributed by atoms with Crippen LogP contribution in [-0.4, -0.2) is 78.3 Å².